The molecule has 19 heavy (non-hydrogen) atoms. The van der Waals surface area contributed by atoms with Crippen molar-refractivity contribution >= 4 is 0 Å². The van der Waals surface area contributed by atoms with Crippen molar-refractivity contribution in [1.82, 2.24) is 4.90 Å². The van der Waals surface area contributed by atoms with Gasteiger partial charge < -0.3 is 9.47 Å². The molecule has 0 bridgehead atoms. The fourth-order valence-corrected chi connectivity index (χ4v) is 2.62. The fourth-order valence-electron chi connectivity index (χ4n) is 2.62. The summed E-state index contributed by atoms with van der Waals surface area (Å²) in [6.07, 6.45) is 2.06. The highest BCUT2D eigenvalue weighted by Crippen LogP contribution is 2.19. The molecule has 0 aromatic heterocycles. The Bertz CT molecular complexity index is 375. The van der Waals surface area contributed by atoms with Crippen LogP contribution in [0.1, 0.15) is 31.4 Å². The molecule has 1 heterocycles. The van der Waals surface area contributed by atoms with E-state index in [1.54, 1.807) is 0 Å². The lowest BCUT2D eigenvalue weighted by molar-refractivity contribution is -0.142. The second-order valence-corrected chi connectivity index (χ2v) is 4.92. The molecular weight excluding hydrogens is 238 g/mol. The molecule has 0 radical (unpaired) electrons. The van der Waals surface area contributed by atoms with E-state index in [0.29, 0.717) is 13.2 Å². The van der Waals surface area contributed by atoms with Gasteiger partial charge in [-0.05, 0) is 31.4 Å². The molecular formula is C16H25NO2. The SMILES string of the molecule is CCOC(CCN1CCc2ccccc2C1)OCC. The number of ether oxygens (including phenoxy) is 2. The molecule has 0 saturated carbocycles. The smallest absolute Gasteiger partial charge is 0.158 e. The summed E-state index contributed by atoms with van der Waals surface area (Å²) in [6, 6.07) is 8.75. The van der Waals surface area contributed by atoms with Crippen LogP contribution >= 0.6 is 0 Å². The van der Waals surface area contributed by atoms with Gasteiger partial charge in [-0.15, -0.1) is 0 Å². The molecule has 0 aliphatic carbocycles. The molecule has 1 aliphatic rings. The summed E-state index contributed by atoms with van der Waals surface area (Å²) < 4.78 is 11.2. The van der Waals surface area contributed by atoms with Crippen molar-refractivity contribution in [3.05, 3.63) is 35.4 Å². The highest BCUT2D eigenvalue weighted by atomic mass is 16.7. The maximum absolute atomic E-state index is 5.59. The summed E-state index contributed by atoms with van der Waals surface area (Å²) >= 11 is 0. The third-order valence-corrected chi connectivity index (χ3v) is 3.60. The molecule has 0 saturated heterocycles. The van der Waals surface area contributed by atoms with Crippen molar-refractivity contribution in [2.75, 3.05) is 26.3 Å². The summed E-state index contributed by atoms with van der Waals surface area (Å²) in [4.78, 5) is 2.49. The van der Waals surface area contributed by atoms with E-state index in [0.717, 1.165) is 32.5 Å². The van der Waals surface area contributed by atoms with Crippen LogP contribution < -0.4 is 0 Å². The zero-order chi connectivity index (χ0) is 13.5. The lowest BCUT2D eigenvalue weighted by atomic mass is 10.00. The van der Waals surface area contributed by atoms with Gasteiger partial charge in [-0.2, -0.15) is 0 Å². The van der Waals surface area contributed by atoms with E-state index in [-0.39, 0.29) is 6.29 Å². The van der Waals surface area contributed by atoms with Crippen molar-refractivity contribution in [2.45, 2.75) is 39.5 Å². The molecule has 2 rings (SSSR count). The molecule has 1 aromatic rings. The first-order valence-electron chi connectivity index (χ1n) is 7.35. The van der Waals surface area contributed by atoms with Gasteiger partial charge in [0.15, 0.2) is 6.29 Å². The zero-order valence-electron chi connectivity index (χ0n) is 12.1. The van der Waals surface area contributed by atoms with Crippen molar-refractivity contribution in [1.29, 1.82) is 0 Å². The van der Waals surface area contributed by atoms with Crippen LogP contribution in [0.2, 0.25) is 0 Å². The lowest BCUT2D eigenvalue weighted by Crippen LogP contribution is -2.33. The van der Waals surface area contributed by atoms with E-state index in [2.05, 4.69) is 29.2 Å². The van der Waals surface area contributed by atoms with Crippen LogP contribution in [0.5, 0.6) is 0 Å². The van der Waals surface area contributed by atoms with Gasteiger partial charge in [-0.1, -0.05) is 24.3 Å². The van der Waals surface area contributed by atoms with E-state index < -0.39 is 0 Å². The van der Waals surface area contributed by atoms with Gasteiger partial charge in [0.05, 0.1) is 0 Å². The van der Waals surface area contributed by atoms with Crippen LogP contribution in [0.4, 0.5) is 0 Å². The van der Waals surface area contributed by atoms with Gasteiger partial charge in [0.25, 0.3) is 0 Å². The molecule has 3 heteroatoms. The Labute approximate surface area is 116 Å². The minimum Gasteiger partial charge on any atom is -0.353 e. The van der Waals surface area contributed by atoms with Crippen molar-refractivity contribution in [2.24, 2.45) is 0 Å². The number of hydrogen-bond donors (Lipinski definition) is 0. The topological polar surface area (TPSA) is 21.7 Å². The summed E-state index contributed by atoms with van der Waals surface area (Å²) in [5, 5.41) is 0. The first-order valence-corrected chi connectivity index (χ1v) is 7.35. The summed E-state index contributed by atoms with van der Waals surface area (Å²) in [7, 11) is 0. The van der Waals surface area contributed by atoms with Gasteiger partial charge in [-0.25, -0.2) is 0 Å². The van der Waals surface area contributed by atoms with Crippen LogP contribution in [0.15, 0.2) is 24.3 Å². The third-order valence-electron chi connectivity index (χ3n) is 3.60. The van der Waals surface area contributed by atoms with E-state index >= 15 is 0 Å². The Balaban J connectivity index is 1.81. The second-order valence-electron chi connectivity index (χ2n) is 4.92. The normalized spacial score (nSPS) is 15.7. The Morgan fingerprint density at radius 3 is 2.47 bits per heavy atom. The summed E-state index contributed by atoms with van der Waals surface area (Å²) in [6.45, 7) is 8.70. The standard InChI is InChI=1S/C16H25NO2/c1-3-18-16(19-4-2)10-12-17-11-9-14-7-5-6-8-15(14)13-17/h5-8,16H,3-4,9-13H2,1-2H3. The maximum Gasteiger partial charge on any atom is 0.158 e. The Morgan fingerprint density at radius 1 is 1.11 bits per heavy atom. The zero-order valence-corrected chi connectivity index (χ0v) is 12.1. The summed E-state index contributed by atoms with van der Waals surface area (Å²) in [5.74, 6) is 0. The number of hydrogen-bond acceptors (Lipinski definition) is 3. The van der Waals surface area contributed by atoms with Crippen molar-refractivity contribution in [3.8, 4) is 0 Å². The molecule has 0 N–H and O–H groups in total. The molecule has 0 fully saturated rings. The van der Waals surface area contributed by atoms with E-state index in [1.807, 2.05) is 13.8 Å². The van der Waals surface area contributed by atoms with E-state index in [1.165, 1.54) is 11.1 Å². The number of fused-ring (bicyclic) bond motifs is 1. The minimum atomic E-state index is -0.0489. The molecule has 3 nitrogen and oxygen atoms in total. The van der Waals surface area contributed by atoms with Crippen LogP contribution in [0, 0.1) is 0 Å². The Kier molecular flexibility index (Phi) is 5.83. The van der Waals surface area contributed by atoms with Gasteiger partial charge in [0, 0.05) is 39.3 Å². The predicted octanol–water partition coefficient (Wildman–Crippen LogP) is 2.83. The Hall–Kier alpha value is -0.900. The summed E-state index contributed by atoms with van der Waals surface area (Å²) in [5.41, 5.74) is 2.98. The monoisotopic (exact) mass is 263 g/mol. The largest absolute Gasteiger partial charge is 0.353 e. The predicted molar refractivity (Wildman–Crippen MR) is 77.1 cm³/mol. The van der Waals surface area contributed by atoms with Gasteiger partial charge in [0.1, 0.15) is 0 Å². The average Bonchev–Trinajstić information content (AvgIpc) is 2.45. The molecule has 106 valence electrons. The highest BCUT2D eigenvalue weighted by Gasteiger charge is 2.17. The number of rotatable bonds is 7. The Morgan fingerprint density at radius 2 is 1.79 bits per heavy atom. The molecule has 0 unspecified atom stereocenters. The molecule has 0 spiro atoms. The highest BCUT2D eigenvalue weighted by molar-refractivity contribution is 5.28. The maximum atomic E-state index is 5.59. The quantitative estimate of drug-likeness (QED) is 0.706. The third kappa shape index (κ3) is 4.30. The molecule has 1 aromatic carbocycles. The first kappa shape index (κ1) is 14.5. The fraction of sp³-hybridized carbons (Fsp3) is 0.625. The average molecular weight is 263 g/mol. The van der Waals surface area contributed by atoms with Crippen LogP contribution in [-0.2, 0) is 22.4 Å². The van der Waals surface area contributed by atoms with E-state index in [9.17, 15) is 0 Å². The van der Waals surface area contributed by atoms with Gasteiger partial charge in [0.2, 0.25) is 0 Å². The van der Waals surface area contributed by atoms with Gasteiger partial charge in [-0.3, -0.25) is 4.90 Å². The molecule has 0 amide bonds. The van der Waals surface area contributed by atoms with Crippen LogP contribution in [-0.4, -0.2) is 37.5 Å². The van der Waals surface area contributed by atoms with E-state index in [4.69, 9.17) is 9.47 Å². The lowest BCUT2D eigenvalue weighted by Gasteiger charge is -2.29. The van der Waals surface area contributed by atoms with Crippen LogP contribution in [0.3, 0.4) is 0 Å². The van der Waals surface area contributed by atoms with Crippen molar-refractivity contribution in [3.63, 3.8) is 0 Å². The first-order chi connectivity index (χ1) is 9.33. The van der Waals surface area contributed by atoms with Crippen LogP contribution in [0.25, 0.3) is 0 Å². The second kappa shape index (κ2) is 7.63. The minimum absolute atomic E-state index is 0.0489. The number of nitrogens with zero attached hydrogens (tertiary/aromatic N) is 1. The molecule has 0 atom stereocenters. The van der Waals surface area contributed by atoms with Gasteiger partial charge >= 0.3 is 0 Å². The molecule has 1 aliphatic heterocycles. The van der Waals surface area contributed by atoms with Crippen molar-refractivity contribution < 1.29 is 9.47 Å². The number of benzene rings is 1.